The number of aromatic nitrogens is 4. The van der Waals surface area contributed by atoms with Crippen LogP contribution in [0, 0.1) is 17.8 Å². The molecule has 4 fully saturated rings. The Labute approximate surface area is 234 Å². The largest absolute Gasteiger partial charge is 0.542 e. The number of carbonyl (C=O) groups is 3. The van der Waals surface area contributed by atoms with Crippen molar-refractivity contribution in [2.24, 2.45) is 24.8 Å². The molecule has 42 heavy (non-hydrogen) atoms. The van der Waals surface area contributed by atoms with Crippen LogP contribution in [-0.4, -0.2) is 45.8 Å². The number of aliphatic carboxylic acids is 2. The molecule has 3 N–H and O–H groups in total. The summed E-state index contributed by atoms with van der Waals surface area (Å²) in [6, 6.07) is 6.00. The minimum atomic E-state index is -5.19. The number of nitrogens with zero attached hydrogens (tertiary/aromatic N) is 2. The van der Waals surface area contributed by atoms with E-state index in [9.17, 15) is 31.1 Å². The second-order valence-corrected chi connectivity index (χ2v) is 11.0. The van der Waals surface area contributed by atoms with Gasteiger partial charge in [0.15, 0.2) is 18.1 Å². The van der Waals surface area contributed by atoms with Crippen molar-refractivity contribution >= 4 is 23.4 Å². The van der Waals surface area contributed by atoms with Gasteiger partial charge in [0.1, 0.15) is 11.9 Å². The van der Waals surface area contributed by atoms with Gasteiger partial charge in [-0.2, -0.15) is 35.8 Å². The quantitative estimate of drug-likeness (QED) is 0.300. The number of H-pyrrole nitrogens is 2. The first-order valence-electron chi connectivity index (χ1n) is 12.9. The molecule has 1 amide bonds. The molecule has 16 heteroatoms. The lowest BCUT2D eigenvalue weighted by atomic mass is 9.53. The van der Waals surface area contributed by atoms with Crippen LogP contribution in [0.5, 0.6) is 0 Å². The number of fused-ring (bicyclic) bond motifs is 1. The monoisotopic (exact) mass is 603 g/mol. The Kier molecular flexibility index (Phi) is 8.29. The van der Waals surface area contributed by atoms with Crippen molar-refractivity contribution < 1.29 is 60.0 Å². The Hall–Kier alpha value is -4.11. The summed E-state index contributed by atoms with van der Waals surface area (Å²) in [5, 5.41) is 24.2. The number of hydrogen-bond donors (Lipinski definition) is 3. The van der Waals surface area contributed by atoms with E-state index < -0.39 is 24.3 Å². The zero-order valence-corrected chi connectivity index (χ0v) is 22.1. The molecule has 3 aromatic heterocycles. The highest BCUT2D eigenvalue weighted by Gasteiger charge is 2.52. The van der Waals surface area contributed by atoms with Crippen LogP contribution in [0.2, 0.25) is 0 Å². The fraction of sp³-hybridized carbons (Fsp3) is 0.500. The number of carboxylic acids is 2. The molecule has 4 saturated carbocycles. The molecule has 0 unspecified atom stereocenters. The average molecular weight is 604 g/mol. The first-order valence-corrected chi connectivity index (χ1v) is 12.9. The van der Waals surface area contributed by atoms with E-state index in [2.05, 4.69) is 19.8 Å². The van der Waals surface area contributed by atoms with E-state index >= 15 is 0 Å². The zero-order valence-electron chi connectivity index (χ0n) is 22.1. The third-order valence-corrected chi connectivity index (χ3v) is 7.74. The number of carboxylic acid groups (broad SMARTS) is 2. The van der Waals surface area contributed by atoms with Crippen LogP contribution >= 0.6 is 0 Å². The van der Waals surface area contributed by atoms with Crippen LogP contribution in [-0.2, 0) is 16.6 Å². The lowest BCUT2D eigenvalue weighted by Crippen LogP contribution is -2.59. The summed E-state index contributed by atoms with van der Waals surface area (Å²) in [4.78, 5) is 34.4. The van der Waals surface area contributed by atoms with E-state index in [0.717, 1.165) is 53.9 Å². The number of aryl methyl sites for hydroxylation is 1. The van der Waals surface area contributed by atoms with Gasteiger partial charge in [-0.3, -0.25) is 4.79 Å². The molecule has 0 spiro atoms. The minimum Gasteiger partial charge on any atom is -0.542 e. The predicted molar refractivity (Wildman–Crippen MR) is 125 cm³/mol. The summed E-state index contributed by atoms with van der Waals surface area (Å²) < 4.78 is 67.1. The number of rotatable bonds is 3. The number of pyridine rings is 1. The van der Waals surface area contributed by atoms with E-state index in [1.807, 2.05) is 48.5 Å². The van der Waals surface area contributed by atoms with Gasteiger partial charge in [-0.1, -0.05) is 6.07 Å². The molecule has 10 nitrogen and oxygen atoms in total. The molecule has 3 heterocycles. The fourth-order valence-corrected chi connectivity index (χ4v) is 6.62. The summed E-state index contributed by atoms with van der Waals surface area (Å²) in [5.74, 6) is -2.61. The van der Waals surface area contributed by atoms with Gasteiger partial charge in [-0.25, -0.2) is 4.98 Å². The molecule has 4 bridgehead atoms. The smallest absolute Gasteiger partial charge is 0.430 e. The second-order valence-electron chi connectivity index (χ2n) is 11.0. The third-order valence-electron chi connectivity index (χ3n) is 7.74. The topological polar surface area (TPSA) is 149 Å². The van der Waals surface area contributed by atoms with Crippen molar-refractivity contribution in [2.75, 3.05) is 0 Å². The van der Waals surface area contributed by atoms with E-state index in [1.54, 1.807) is 0 Å². The van der Waals surface area contributed by atoms with Gasteiger partial charge in [-0.05, 0) is 68.4 Å². The highest BCUT2D eigenvalue weighted by Crippen LogP contribution is 2.55. The summed E-state index contributed by atoms with van der Waals surface area (Å²) in [6.45, 7) is 0. The Morgan fingerprint density at radius 3 is 1.86 bits per heavy atom. The highest BCUT2D eigenvalue weighted by molar-refractivity contribution is 5.99. The molecule has 4 aliphatic carbocycles. The van der Waals surface area contributed by atoms with Gasteiger partial charge in [0.2, 0.25) is 11.9 Å². The van der Waals surface area contributed by atoms with E-state index in [4.69, 9.17) is 19.8 Å². The van der Waals surface area contributed by atoms with Gasteiger partial charge in [0, 0.05) is 5.54 Å². The number of alkyl halides is 6. The average Bonchev–Trinajstić information content (AvgIpc) is 3.46. The number of hydrogen-bond acceptors (Lipinski definition) is 5. The fourth-order valence-electron chi connectivity index (χ4n) is 6.62. The number of aromatic amines is 2. The molecular weight excluding hydrogens is 576 g/mol. The Morgan fingerprint density at radius 1 is 0.929 bits per heavy atom. The third kappa shape index (κ3) is 6.85. The number of imidazole rings is 1. The summed E-state index contributed by atoms with van der Waals surface area (Å²) in [6.07, 6.45) is 3.22. The molecule has 0 aromatic carbocycles. The van der Waals surface area contributed by atoms with Crippen molar-refractivity contribution in [2.45, 2.75) is 56.4 Å². The van der Waals surface area contributed by atoms with Crippen LogP contribution in [0.4, 0.5) is 26.3 Å². The highest BCUT2D eigenvalue weighted by atomic mass is 19.4. The van der Waals surface area contributed by atoms with Crippen molar-refractivity contribution in [1.29, 1.82) is 0 Å². The minimum absolute atomic E-state index is 0.0173. The number of nitrogens with one attached hydrogen (secondary N) is 3. The second kappa shape index (κ2) is 11.3. The molecule has 0 aliphatic heterocycles. The van der Waals surface area contributed by atoms with Crippen molar-refractivity contribution in [3.63, 3.8) is 0 Å². The molecule has 4 aliphatic rings. The van der Waals surface area contributed by atoms with Crippen LogP contribution in [0.1, 0.15) is 49.0 Å². The predicted octanol–water partition coefficient (Wildman–Crippen LogP) is 0.869. The molecule has 0 atom stereocenters. The molecule has 7 rings (SSSR count). The van der Waals surface area contributed by atoms with Crippen molar-refractivity contribution in [1.82, 2.24) is 15.4 Å². The number of carbonyl (C=O) groups excluding carboxylic acids is 3. The molecule has 228 valence electrons. The Morgan fingerprint density at radius 2 is 1.43 bits per heavy atom. The molecule has 0 saturated heterocycles. The van der Waals surface area contributed by atoms with Crippen LogP contribution in [0.15, 0.2) is 36.8 Å². The number of amides is 1. The Bertz CT molecular complexity index is 1420. The van der Waals surface area contributed by atoms with Gasteiger partial charge in [0.05, 0.1) is 12.4 Å². The van der Waals surface area contributed by atoms with Crippen molar-refractivity contribution in [3.8, 4) is 11.4 Å². The molecular formula is C26H27F6N5O5. The Balaban J connectivity index is 0.000000243. The summed E-state index contributed by atoms with van der Waals surface area (Å²) >= 11 is 0. The van der Waals surface area contributed by atoms with Crippen LogP contribution in [0.3, 0.4) is 0 Å². The molecule has 3 aromatic rings. The van der Waals surface area contributed by atoms with E-state index in [1.165, 1.54) is 19.3 Å². The van der Waals surface area contributed by atoms with Crippen LogP contribution < -0.4 is 24.6 Å². The van der Waals surface area contributed by atoms with E-state index in [-0.39, 0.29) is 11.4 Å². The lowest BCUT2D eigenvalue weighted by molar-refractivity contribution is -0.726. The lowest BCUT2D eigenvalue weighted by Gasteiger charge is -2.56. The maximum Gasteiger partial charge on any atom is 0.430 e. The first kappa shape index (κ1) is 30.8. The number of halogens is 6. The summed E-state index contributed by atoms with van der Waals surface area (Å²) in [5.41, 5.74) is 2.62. The normalized spacial score (nSPS) is 24.3. The van der Waals surface area contributed by atoms with Gasteiger partial charge < -0.3 is 25.1 Å². The van der Waals surface area contributed by atoms with Crippen LogP contribution in [0.25, 0.3) is 16.9 Å². The first-order chi connectivity index (χ1) is 19.5. The zero-order chi connectivity index (χ0) is 31.0. The maximum atomic E-state index is 13.4. The van der Waals surface area contributed by atoms with Gasteiger partial charge in [-0.15, -0.1) is 4.68 Å². The maximum absolute atomic E-state index is 13.4. The van der Waals surface area contributed by atoms with Gasteiger partial charge in [0.25, 0.3) is 11.7 Å². The summed E-state index contributed by atoms with van der Waals surface area (Å²) in [7, 11) is 1.96. The van der Waals surface area contributed by atoms with E-state index in [0.29, 0.717) is 5.69 Å². The van der Waals surface area contributed by atoms with Crippen molar-refractivity contribution in [3.05, 3.63) is 42.5 Å². The molecule has 0 radical (unpaired) electrons. The SMILES string of the molecule is C[n+]1cc(-c2[nH]c(C(=O)NC34CC5CC(CC(C5)C3)C4)c3cccc[n+]23)c[nH]1.O=C([O-])C(F)(F)F.O=C([O-])C(F)(F)F. The van der Waals surface area contributed by atoms with Gasteiger partial charge >= 0.3 is 12.4 Å². The standard InChI is InChI=1S/C22H25N5O.2C2HF3O2/c1-26-13-17(12-23-26)20-24-19(18-4-2-3-5-27(18)20)21(28)25-22-9-14-6-15(10-22)8-16(7-14)11-22;2*3-2(4,5)1(6)7/h2-5,12-16H,6-11H2,1H3,(H,25,28);2*(H,6,7).